The molecule has 172 valence electrons. The highest BCUT2D eigenvalue weighted by molar-refractivity contribution is 6.10. The third kappa shape index (κ3) is 3.43. The molecule has 0 saturated heterocycles. The highest BCUT2D eigenvalue weighted by atomic mass is 15.0. The lowest BCUT2D eigenvalue weighted by Crippen LogP contribution is -2.30. The van der Waals surface area contributed by atoms with Crippen molar-refractivity contribution in [3.05, 3.63) is 78.0 Å². The van der Waals surface area contributed by atoms with Crippen LogP contribution in [0.4, 0.5) is 0 Å². The van der Waals surface area contributed by atoms with Crippen LogP contribution in [-0.4, -0.2) is 4.57 Å². The molecular weight excluding hydrogens is 412 g/mol. The average molecular weight is 448 g/mol. The van der Waals surface area contributed by atoms with E-state index in [1.807, 2.05) is 0 Å². The SMILES string of the molecule is Cc1cc2c3ccccc3n(C(C)C)c2cc1-c1c2ccc(CC3CCCC3)cc2cc[n+]1C. The van der Waals surface area contributed by atoms with Crippen LogP contribution in [0, 0.1) is 12.8 Å². The Kier molecular flexibility index (Phi) is 5.21. The largest absolute Gasteiger partial charge is 0.338 e. The van der Waals surface area contributed by atoms with Crippen molar-refractivity contribution < 1.29 is 4.57 Å². The first-order valence-electron chi connectivity index (χ1n) is 13.0. The van der Waals surface area contributed by atoms with Gasteiger partial charge in [0.1, 0.15) is 7.05 Å². The van der Waals surface area contributed by atoms with Gasteiger partial charge >= 0.3 is 0 Å². The van der Waals surface area contributed by atoms with Crippen LogP contribution >= 0.6 is 0 Å². The number of aromatic nitrogens is 2. The molecule has 1 aliphatic carbocycles. The Morgan fingerprint density at radius 3 is 2.47 bits per heavy atom. The number of hydrogen-bond acceptors (Lipinski definition) is 0. The predicted octanol–water partition coefficient (Wildman–Crippen LogP) is 8.06. The molecule has 0 radical (unpaired) electrons. The van der Waals surface area contributed by atoms with Gasteiger partial charge in [-0.15, -0.1) is 0 Å². The molecule has 0 unspecified atom stereocenters. The zero-order valence-corrected chi connectivity index (χ0v) is 20.9. The van der Waals surface area contributed by atoms with Crippen LogP contribution in [0.25, 0.3) is 43.8 Å². The first-order valence-corrected chi connectivity index (χ1v) is 13.0. The van der Waals surface area contributed by atoms with Gasteiger partial charge in [0.05, 0.1) is 16.5 Å². The van der Waals surface area contributed by atoms with E-state index in [9.17, 15) is 0 Å². The van der Waals surface area contributed by atoms with Gasteiger partial charge in [-0.25, -0.2) is 4.57 Å². The summed E-state index contributed by atoms with van der Waals surface area (Å²) in [5.74, 6) is 0.874. The van der Waals surface area contributed by atoms with Gasteiger partial charge < -0.3 is 4.57 Å². The fraction of sp³-hybridized carbons (Fsp3) is 0.344. The quantitative estimate of drug-likeness (QED) is 0.246. The minimum absolute atomic E-state index is 0.400. The highest BCUT2D eigenvalue weighted by Gasteiger charge is 2.22. The van der Waals surface area contributed by atoms with Crippen molar-refractivity contribution in [3.8, 4) is 11.3 Å². The van der Waals surface area contributed by atoms with Crippen molar-refractivity contribution in [2.24, 2.45) is 13.0 Å². The van der Waals surface area contributed by atoms with Gasteiger partial charge in [-0.3, -0.25) is 0 Å². The normalized spacial score (nSPS) is 14.9. The summed E-state index contributed by atoms with van der Waals surface area (Å²) in [5.41, 5.74) is 8.11. The molecule has 0 bridgehead atoms. The van der Waals surface area contributed by atoms with E-state index in [4.69, 9.17) is 0 Å². The monoisotopic (exact) mass is 447 g/mol. The summed E-state index contributed by atoms with van der Waals surface area (Å²) in [6.07, 6.45) is 9.08. The van der Waals surface area contributed by atoms with Gasteiger partial charge in [0.15, 0.2) is 6.20 Å². The molecule has 34 heavy (non-hydrogen) atoms. The second-order valence-electron chi connectivity index (χ2n) is 10.7. The van der Waals surface area contributed by atoms with Crippen molar-refractivity contribution in [1.82, 2.24) is 4.57 Å². The lowest BCUT2D eigenvalue weighted by Gasteiger charge is -2.14. The van der Waals surface area contributed by atoms with E-state index in [0.29, 0.717) is 6.04 Å². The van der Waals surface area contributed by atoms with Gasteiger partial charge in [-0.05, 0) is 73.9 Å². The molecule has 1 fully saturated rings. The number of pyridine rings is 1. The van der Waals surface area contributed by atoms with Crippen LogP contribution in [0.15, 0.2) is 66.9 Å². The molecule has 2 heterocycles. The van der Waals surface area contributed by atoms with Crippen molar-refractivity contribution in [2.75, 3.05) is 0 Å². The molecule has 2 aromatic heterocycles. The summed E-state index contributed by atoms with van der Waals surface area (Å²) < 4.78 is 4.80. The van der Waals surface area contributed by atoms with Crippen LogP contribution in [0.2, 0.25) is 0 Å². The van der Waals surface area contributed by atoms with Crippen molar-refractivity contribution in [2.45, 2.75) is 58.9 Å². The van der Waals surface area contributed by atoms with E-state index in [0.717, 1.165) is 5.92 Å². The molecule has 5 aromatic rings. The van der Waals surface area contributed by atoms with Crippen LogP contribution in [-0.2, 0) is 13.5 Å². The first kappa shape index (κ1) is 21.4. The molecule has 6 rings (SSSR count). The second-order valence-corrected chi connectivity index (χ2v) is 10.7. The number of fused-ring (bicyclic) bond motifs is 4. The van der Waals surface area contributed by atoms with Crippen LogP contribution < -0.4 is 4.57 Å². The Bertz CT molecular complexity index is 1530. The minimum atomic E-state index is 0.400. The number of rotatable bonds is 4. The summed E-state index contributed by atoms with van der Waals surface area (Å²) in [6.45, 7) is 6.84. The first-order chi connectivity index (χ1) is 16.5. The van der Waals surface area contributed by atoms with Crippen molar-refractivity contribution >= 4 is 32.6 Å². The standard InChI is InChI=1S/C32H35N2/c1-21(2)34-30-12-8-7-11-27(30)29-17-22(3)28(20-31(29)34)32-26-14-13-24(18-23-9-5-6-10-23)19-25(26)15-16-33(32)4/h7-8,11-17,19-21,23H,5-6,9-10,18H2,1-4H3/q+1. The minimum Gasteiger partial charge on any atom is -0.338 e. The van der Waals surface area contributed by atoms with Gasteiger partial charge in [-0.1, -0.05) is 56.0 Å². The summed E-state index contributed by atoms with van der Waals surface area (Å²) in [7, 11) is 2.18. The molecule has 0 atom stereocenters. The summed E-state index contributed by atoms with van der Waals surface area (Å²) in [4.78, 5) is 0. The van der Waals surface area contributed by atoms with Crippen molar-refractivity contribution in [1.29, 1.82) is 0 Å². The van der Waals surface area contributed by atoms with Gasteiger partial charge in [-0.2, -0.15) is 0 Å². The second kappa shape index (κ2) is 8.27. The summed E-state index contributed by atoms with van der Waals surface area (Å²) >= 11 is 0. The average Bonchev–Trinajstić information content (AvgIpc) is 3.44. The molecule has 0 aliphatic heterocycles. The zero-order valence-electron chi connectivity index (χ0n) is 20.9. The number of aryl methyl sites for hydroxylation is 2. The van der Waals surface area contributed by atoms with Crippen molar-refractivity contribution in [3.63, 3.8) is 0 Å². The molecular formula is C32H35N2+. The van der Waals surface area contributed by atoms with Gasteiger partial charge in [0, 0.05) is 28.4 Å². The smallest absolute Gasteiger partial charge is 0.220 e. The number of para-hydroxylation sites is 1. The summed E-state index contributed by atoms with van der Waals surface area (Å²) in [6, 6.07) is 23.5. The maximum absolute atomic E-state index is 2.50. The molecule has 2 nitrogen and oxygen atoms in total. The molecule has 1 aliphatic rings. The number of nitrogens with zero attached hydrogens (tertiary/aromatic N) is 2. The molecule has 3 aromatic carbocycles. The fourth-order valence-electron chi connectivity index (χ4n) is 6.40. The fourth-order valence-corrected chi connectivity index (χ4v) is 6.40. The third-order valence-electron chi connectivity index (χ3n) is 8.03. The lowest BCUT2D eigenvalue weighted by molar-refractivity contribution is -0.659. The maximum Gasteiger partial charge on any atom is 0.220 e. The van der Waals surface area contributed by atoms with Gasteiger partial charge in [0.25, 0.3) is 0 Å². The Morgan fingerprint density at radius 2 is 1.68 bits per heavy atom. The maximum atomic E-state index is 2.50. The Labute approximate surface area is 202 Å². The van der Waals surface area contributed by atoms with Gasteiger partial charge in [0.2, 0.25) is 5.69 Å². The number of benzene rings is 3. The molecule has 0 N–H and O–H groups in total. The van der Waals surface area contributed by atoms with E-state index in [1.54, 1.807) is 0 Å². The Morgan fingerprint density at radius 1 is 0.882 bits per heavy atom. The molecule has 0 amide bonds. The van der Waals surface area contributed by atoms with Crippen LogP contribution in [0.5, 0.6) is 0 Å². The summed E-state index contributed by atoms with van der Waals surface area (Å²) in [5, 5.41) is 5.40. The van der Waals surface area contributed by atoms with Crippen LogP contribution in [0.1, 0.15) is 56.7 Å². The van der Waals surface area contributed by atoms with E-state index in [2.05, 4.69) is 104 Å². The predicted molar refractivity (Wildman–Crippen MR) is 144 cm³/mol. The van der Waals surface area contributed by atoms with E-state index in [1.165, 1.54) is 87.1 Å². The van der Waals surface area contributed by atoms with Crippen LogP contribution in [0.3, 0.4) is 0 Å². The van der Waals surface area contributed by atoms with E-state index >= 15 is 0 Å². The topological polar surface area (TPSA) is 8.81 Å². The lowest BCUT2D eigenvalue weighted by atomic mass is 9.94. The molecule has 2 heteroatoms. The molecule has 0 spiro atoms. The third-order valence-corrected chi connectivity index (χ3v) is 8.03. The Hall–Kier alpha value is -3.13. The zero-order chi connectivity index (χ0) is 23.4. The van der Waals surface area contributed by atoms with E-state index < -0.39 is 0 Å². The highest BCUT2D eigenvalue weighted by Crippen LogP contribution is 2.37. The van der Waals surface area contributed by atoms with E-state index in [-0.39, 0.29) is 0 Å². The molecule has 1 saturated carbocycles. The number of hydrogen-bond donors (Lipinski definition) is 0. The Balaban J connectivity index is 1.55.